The molecule has 1 heterocycles. The highest BCUT2D eigenvalue weighted by Crippen LogP contribution is 2.38. The Balaban J connectivity index is 1.99. The zero-order valence-electron chi connectivity index (χ0n) is 16.0. The standard InChI is InChI=1S/C19H19ClN2O6S/c1-4-27-18(23)12(2)28-15-9-10-17-16(11-15)21(3)19(24)22(29(17,25)26)14-7-5-13(20)6-8-14/h5-12H,4H2,1-3H3/t12-/m1/s1. The summed E-state index contributed by atoms with van der Waals surface area (Å²) in [5, 5.41) is 0.418. The Morgan fingerprint density at radius 1 is 1.17 bits per heavy atom. The Bertz CT molecular complexity index is 1050. The molecule has 2 aromatic carbocycles. The third-order valence-electron chi connectivity index (χ3n) is 4.26. The van der Waals surface area contributed by atoms with Crippen LogP contribution in [0.1, 0.15) is 13.8 Å². The minimum absolute atomic E-state index is 0.0642. The van der Waals surface area contributed by atoms with Gasteiger partial charge in [-0.25, -0.2) is 18.0 Å². The smallest absolute Gasteiger partial charge is 0.347 e. The van der Waals surface area contributed by atoms with Gasteiger partial charge in [0.15, 0.2) is 6.10 Å². The zero-order chi connectivity index (χ0) is 21.3. The molecule has 3 rings (SSSR count). The second-order valence-electron chi connectivity index (χ2n) is 6.23. The van der Waals surface area contributed by atoms with Crippen LogP contribution in [0.2, 0.25) is 5.02 Å². The van der Waals surface area contributed by atoms with E-state index < -0.39 is 28.1 Å². The molecule has 0 unspecified atom stereocenters. The van der Waals surface area contributed by atoms with Crippen LogP contribution in [0.3, 0.4) is 0 Å². The van der Waals surface area contributed by atoms with Gasteiger partial charge < -0.3 is 9.47 Å². The largest absolute Gasteiger partial charge is 0.479 e. The summed E-state index contributed by atoms with van der Waals surface area (Å²) in [6, 6.07) is 9.32. The minimum Gasteiger partial charge on any atom is -0.479 e. The van der Waals surface area contributed by atoms with Crippen LogP contribution in [0.4, 0.5) is 16.2 Å². The number of halogens is 1. The summed E-state index contributed by atoms with van der Waals surface area (Å²) in [4.78, 5) is 25.7. The number of anilines is 2. The van der Waals surface area contributed by atoms with E-state index in [4.69, 9.17) is 21.1 Å². The zero-order valence-corrected chi connectivity index (χ0v) is 17.5. The number of carbonyl (C=O) groups excluding carboxylic acids is 2. The molecule has 0 aromatic heterocycles. The predicted molar refractivity (Wildman–Crippen MR) is 108 cm³/mol. The van der Waals surface area contributed by atoms with Crippen molar-refractivity contribution in [2.24, 2.45) is 0 Å². The third-order valence-corrected chi connectivity index (χ3v) is 6.26. The summed E-state index contributed by atoms with van der Waals surface area (Å²) >= 11 is 5.86. The van der Waals surface area contributed by atoms with Gasteiger partial charge in [-0.3, -0.25) is 4.90 Å². The second kappa shape index (κ2) is 7.92. The monoisotopic (exact) mass is 438 g/mol. The first-order valence-electron chi connectivity index (χ1n) is 8.72. The summed E-state index contributed by atoms with van der Waals surface area (Å²) in [7, 11) is -2.69. The number of benzene rings is 2. The van der Waals surface area contributed by atoms with Crippen LogP contribution >= 0.6 is 11.6 Å². The molecule has 10 heteroatoms. The molecule has 0 N–H and O–H groups in total. The van der Waals surface area contributed by atoms with Crippen LogP contribution in [0.25, 0.3) is 0 Å². The number of sulfonamides is 1. The van der Waals surface area contributed by atoms with Crippen LogP contribution in [0, 0.1) is 0 Å². The molecular weight excluding hydrogens is 420 g/mol. The van der Waals surface area contributed by atoms with Gasteiger partial charge in [0.2, 0.25) is 0 Å². The Hall–Kier alpha value is -2.78. The van der Waals surface area contributed by atoms with Crippen LogP contribution in [-0.2, 0) is 19.6 Å². The number of urea groups is 1. The van der Waals surface area contributed by atoms with E-state index in [-0.39, 0.29) is 28.6 Å². The van der Waals surface area contributed by atoms with E-state index in [1.54, 1.807) is 6.92 Å². The highest BCUT2D eigenvalue weighted by atomic mass is 35.5. The number of nitrogens with zero attached hydrogens (tertiary/aromatic N) is 2. The molecule has 0 saturated heterocycles. The average Bonchev–Trinajstić information content (AvgIpc) is 2.68. The molecule has 0 aliphatic carbocycles. The van der Waals surface area contributed by atoms with Crippen molar-refractivity contribution in [1.29, 1.82) is 0 Å². The first-order chi connectivity index (χ1) is 13.7. The van der Waals surface area contributed by atoms with E-state index in [9.17, 15) is 18.0 Å². The molecule has 1 aliphatic rings. The number of ether oxygens (including phenoxy) is 2. The molecule has 2 amide bonds. The third kappa shape index (κ3) is 3.88. The topological polar surface area (TPSA) is 93.2 Å². The van der Waals surface area contributed by atoms with Gasteiger partial charge >= 0.3 is 12.0 Å². The maximum Gasteiger partial charge on any atom is 0.347 e. The summed E-state index contributed by atoms with van der Waals surface area (Å²) in [6.07, 6.45) is -0.889. The minimum atomic E-state index is -4.15. The molecule has 1 atom stereocenters. The van der Waals surface area contributed by atoms with Gasteiger partial charge in [-0.2, -0.15) is 4.31 Å². The number of esters is 1. The maximum absolute atomic E-state index is 13.1. The predicted octanol–water partition coefficient (Wildman–Crippen LogP) is 3.44. The number of hydrogen-bond acceptors (Lipinski definition) is 6. The molecule has 0 spiro atoms. The van der Waals surface area contributed by atoms with Crippen molar-refractivity contribution in [3.05, 3.63) is 47.5 Å². The SMILES string of the molecule is CCOC(=O)[C@@H](C)Oc1ccc2c(c1)N(C)C(=O)N(c1ccc(Cl)cc1)S2(=O)=O. The van der Waals surface area contributed by atoms with Crippen LogP contribution < -0.4 is 13.9 Å². The molecule has 8 nitrogen and oxygen atoms in total. The number of fused-ring (bicyclic) bond motifs is 1. The van der Waals surface area contributed by atoms with E-state index >= 15 is 0 Å². The van der Waals surface area contributed by atoms with E-state index in [1.807, 2.05) is 0 Å². The van der Waals surface area contributed by atoms with E-state index in [0.717, 1.165) is 0 Å². The lowest BCUT2D eigenvalue weighted by atomic mass is 10.2. The first kappa shape index (κ1) is 20.9. The van der Waals surface area contributed by atoms with Gasteiger partial charge in [0.1, 0.15) is 10.6 Å². The molecule has 154 valence electrons. The van der Waals surface area contributed by atoms with E-state index in [2.05, 4.69) is 0 Å². The lowest BCUT2D eigenvalue weighted by Crippen LogP contribution is -2.49. The fourth-order valence-corrected chi connectivity index (χ4v) is 4.58. The van der Waals surface area contributed by atoms with Crippen molar-refractivity contribution in [3.8, 4) is 5.75 Å². The molecule has 0 radical (unpaired) electrons. The van der Waals surface area contributed by atoms with Gasteiger partial charge in [0.05, 0.1) is 18.0 Å². The summed E-state index contributed by atoms with van der Waals surface area (Å²) < 4.78 is 37.3. The van der Waals surface area contributed by atoms with Crippen molar-refractivity contribution < 1.29 is 27.5 Å². The molecule has 2 aromatic rings. The molecule has 0 fully saturated rings. The fourth-order valence-electron chi connectivity index (χ4n) is 2.83. The number of hydrogen-bond donors (Lipinski definition) is 0. The molecular formula is C19H19ClN2O6S. The van der Waals surface area contributed by atoms with Gasteiger partial charge in [-0.1, -0.05) is 11.6 Å². The summed E-state index contributed by atoms with van der Waals surface area (Å²) in [6.45, 7) is 3.42. The molecule has 29 heavy (non-hydrogen) atoms. The molecule has 0 bridgehead atoms. The first-order valence-corrected chi connectivity index (χ1v) is 10.5. The van der Waals surface area contributed by atoms with Crippen LogP contribution in [0.15, 0.2) is 47.4 Å². The summed E-state index contributed by atoms with van der Waals surface area (Å²) in [5.74, 6) is -0.310. The van der Waals surface area contributed by atoms with Crippen molar-refractivity contribution in [1.82, 2.24) is 0 Å². The van der Waals surface area contributed by atoms with Crippen LogP contribution in [-0.4, -0.2) is 40.2 Å². The van der Waals surface area contributed by atoms with Gasteiger partial charge in [-0.05, 0) is 50.2 Å². The molecule has 1 aliphatic heterocycles. The Morgan fingerprint density at radius 3 is 2.45 bits per heavy atom. The number of rotatable bonds is 5. The summed E-state index contributed by atoms with van der Waals surface area (Å²) in [5.41, 5.74) is 0.321. The Labute approximate surface area is 173 Å². The average molecular weight is 439 g/mol. The lowest BCUT2D eigenvalue weighted by molar-refractivity contribution is -0.150. The van der Waals surface area contributed by atoms with Crippen molar-refractivity contribution in [2.45, 2.75) is 24.8 Å². The van der Waals surface area contributed by atoms with Gasteiger partial charge in [0, 0.05) is 18.1 Å². The lowest BCUT2D eigenvalue weighted by Gasteiger charge is -2.34. The number of amides is 2. The van der Waals surface area contributed by atoms with Crippen LogP contribution in [0.5, 0.6) is 5.75 Å². The normalized spacial score (nSPS) is 16.2. The van der Waals surface area contributed by atoms with E-state index in [0.29, 0.717) is 9.33 Å². The van der Waals surface area contributed by atoms with Crippen molar-refractivity contribution >= 4 is 45.0 Å². The van der Waals surface area contributed by atoms with Gasteiger partial charge in [-0.15, -0.1) is 0 Å². The van der Waals surface area contributed by atoms with Gasteiger partial charge in [0.25, 0.3) is 10.0 Å². The Kier molecular flexibility index (Phi) is 5.72. The fraction of sp³-hybridized carbons (Fsp3) is 0.263. The maximum atomic E-state index is 13.1. The highest BCUT2D eigenvalue weighted by Gasteiger charge is 2.41. The number of carbonyl (C=O) groups is 2. The second-order valence-corrected chi connectivity index (χ2v) is 8.42. The Morgan fingerprint density at radius 2 is 1.83 bits per heavy atom. The van der Waals surface area contributed by atoms with E-state index in [1.165, 1.54) is 61.3 Å². The van der Waals surface area contributed by atoms with Crippen molar-refractivity contribution in [2.75, 3.05) is 22.9 Å². The van der Waals surface area contributed by atoms with Crippen molar-refractivity contribution in [3.63, 3.8) is 0 Å². The quantitative estimate of drug-likeness (QED) is 0.664. The highest BCUT2D eigenvalue weighted by molar-refractivity contribution is 7.94. The molecule has 0 saturated carbocycles.